The fourth-order valence-electron chi connectivity index (χ4n) is 2.13. The Balaban J connectivity index is 0.00000312. The number of carbonyl (C=O) groups excluding carboxylic acids is 1. The number of aromatic nitrogens is 2. The Bertz CT molecular complexity index is 756. The second-order valence-electron chi connectivity index (χ2n) is 6.15. The molecule has 2 rings (SSSR count). The zero-order chi connectivity index (χ0) is 18.1. The Morgan fingerprint density at radius 2 is 1.96 bits per heavy atom. The van der Waals surface area contributed by atoms with Crippen molar-refractivity contribution in [2.45, 2.75) is 32.5 Å². The molecule has 0 aliphatic rings. The summed E-state index contributed by atoms with van der Waals surface area (Å²) >= 11 is 0. The molecule has 0 unspecified atom stereocenters. The molecular weight excluding hydrogens is 357 g/mol. The number of nitrogens with zero attached hydrogens (tertiary/aromatic N) is 2. The van der Waals surface area contributed by atoms with Gasteiger partial charge in [0.2, 0.25) is 0 Å². The minimum Gasteiger partial charge on any atom is -0.346 e. The molecule has 0 spiro atoms. The molecular formula is C16H20ClF3N4O. The number of carbonyl (C=O) groups is 1. The molecule has 2 aromatic rings. The highest BCUT2D eigenvalue weighted by molar-refractivity contribution is 5.95. The summed E-state index contributed by atoms with van der Waals surface area (Å²) in [6, 6.07) is 4.78. The third-order valence-corrected chi connectivity index (χ3v) is 3.63. The van der Waals surface area contributed by atoms with E-state index in [-0.39, 0.29) is 36.1 Å². The van der Waals surface area contributed by atoms with E-state index in [2.05, 4.69) is 10.4 Å². The molecule has 0 bridgehead atoms. The lowest BCUT2D eigenvalue weighted by Gasteiger charge is -2.24. The number of hydrogen-bond donors (Lipinski definition) is 2. The van der Waals surface area contributed by atoms with Crippen LogP contribution in [0.3, 0.4) is 0 Å². The van der Waals surface area contributed by atoms with Crippen molar-refractivity contribution in [1.29, 1.82) is 0 Å². The van der Waals surface area contributed by atoms with Crippen molar-refractivity contribution in [2.75, 3.05) is 6.54 Å². The highest BCUT2D eigenvalue weighted by Gasteiger charge is 2.31. The largest absolute Gasteiger partial charge is 0.416 e. The number of amides is 1. The maximum absolute atomic E-state index is 12.8. The van der Waals surface area contributed by atoms with Crippen LogP contribution < -0.4 is 11.1 Å². The van der Waals surface area contributed by atoms with E-state index in [1.165, 1.54) is 23.0 Å². The van der Waals surface area contributed by atoms with Crippen LogP contribution in [0.15, 0.2) is 30.5 Å². The summed E-state index contributed by atoms with van der Waals surface area (Å²) in [6.07, 6.45) is -3.11. The van der Waals surface area contributed by atoms with Crippen LogP contribution >= 0.6 is 12.4 Å². The number of nitrogens with one attached hydrogen (secondary N) is 1. The molecule has 0 aliphatic carbocycles. The third kappa shape index (κ3) is 4.73. The third-order valence-electron chi connectivity index (χ3n) is 3.63. The van der Waals surface area contributed by atoms with E-state index in [4.69, 9.17) is 5.73 Å². The van der Waals surface area contributed by atoms with Gasteiger partial charge in [-0.3, -0.25) is 4.79 Å². The molecule has 1 heterocycles. The monoisotopic (exact) mass is 376 g/mol. The molecule has 0 aliphatic heterocycles. The predicted molar refractivity (Wildman–Crippen MR) is 91.2 cm³/mol. The number of rotatable bonds is 4. The molecule has 25 heavy (non-hydrogen) atoms. The van der Waals surface area contributed by atoms with Crippen LogP contribution in [0.4, 0.5) is 13.2 Å². The molecule has 9 heteroatoms. The molecule has 5 nitrogen and oxygen atoms in total. The van der Waals surface area contributed by atoms with Gasteiger partial charge in [-0.25, -0.2) is 4.68 Å². The van der Waals surface area contributed by atoms with E-state index in [0.717, 1.165) is 12.1 Å². The highest BCUT2D eigenvalue weighted by Crippen LogP contribution is 2.30. The van der Waals surface area contributed by atoms with Gasteiger partial charge in [0.15, 0.2) is 0 Å². The molecule has 0 saturated carbocycles. The van der Waals surface area contributed by atoms with Gasteiger partial charge in [0.05, 0.1) is 28.7 Å². The van der Waals surface area contributed by atoms with Gasteiger partial charge in [0, 0.05) is 12.1 Å². The molecule has 0 saturated heterocycles. The normalized spacial score (nSPS) is 11.8. The van der Waals surface area contributed by atoms with Crippen LogP contribution in [0.5, 0.6) is 0 Å². The first-order chi connectivity index (χ1) is 11.0. The molecule has 0 atom stereocenters. The average molecular weight is 377 g/mol. The smallest absolute Gasteiger partial charge is 0.346 e. The maximum Gasteiger partial charge on any atom is 0.416 e. The summed E-state index contributed by atoms with van der Waals surface area (Å²) in [6.45, 7) is 5.42. The van der Waals surface area contributed by atoms with Gasteiger partial charge in [-0.1, -0.05) is 6.07 Å². The van der Waals surface area contributed by atoms with Gasteiger partial charge < -0.3 is 11.1 Å². The van der Waals surface area contributed by atoms with Crippen LogP contribution in [-0.2, 0) is 6.18 Å². The van der Waals surface area contributed by atoms with E-state index < -0.39 is 17.3 Å². The molecule has 1 aromatic carbocycles. The second-order valence-corrected chi connectivity index (χ2v) is 6.15. The van der Waals surface area contributed by atoms with Crippen LogP contribution in [0.25, 0.3) is 5.69 Å². The topological polar surface area (TPSA) is 72.9 Å². The number of benzene rings is 1. The summed E-state index contributed by atoms with van der Waals surface area (Å²) in [4.78, 5) is 12.3. The quantitative estimate of drug-likeness (QED) is 0.861. The van der Waals surface area contributed by atoms with E-state index >= 15 is 0 Å². The number of halogens is 4. The molecule has 1 amide bonds. The lowest BCUT2D eigenvalue weighted by atomic mass is 10.1. The average Bonchev–Trinajstić information content (AvgIpc) is 2.88. The van der Waals surface area contributed by atoms with Crippen molar-refractivity contribution in [1.82, 2.24) is 15.1 Å². The first-order valence-electron chi connectivity index (χ1n) is 7.30. The molecule has 0 radical (unpaired) electrons. The number of hydrogen-bond acceptors (Lipinski definition) is 3. The summed E-state index contributed by atoms with van der Waals surface area (Å²) in [5.41, 5.74) is 5.18. The lowest BCUT2D eigenvalue weighted by molar-refractivity contribution is -0.137. The summed E-state index contributed by atoms with van der Waals surface area (Å²) in [5.74, 6) is -0.374. The maximum atomic E-state index is 12.8. The van der Waals surface area contributed by atoms with Crippen LogP contribution in [0, 0.1) is 6.92 Å². The van der Waals surface area contributed by atoms with E-state index in [1.807, 2.05) is 0 Å². The van der Waals surface area contributed by atoms with Gasteiger partial charge in [0.25, 0.3) is 5.91 Å². The molecule has 138 valence electrons. The SMILES string of the molecule is Cc1c(C(=O)NC(C)(C)CN)cnn1-c1cccc(C(F)(F)F)c1.Cl. The second kappa shape index (κ2) is 7.45. The Labute approximate surface area is 149 Å². The van der Waals surface area contributed by atoms with E-state index in [1.54, 1.807) is 20.8 Å². The highest BCUT2D eigenvalue weighted by atomic mass is 35.5. The molecule has 0 fully saturated rings. The summed E-state index contributed by atoms with van der Waals surface area (Å²) in [7, 11) is 0. The Morgan fingerprint density at radius 1 is 1.32 bits per heavy atom. The van der Waals surface area contributed by atoms with Crippen molar-refractivity contribution in [3.05, 3.63) is 47.3 Å². The zero-order valence-electron chi connectivity index (χ0n) is 14.0. The van der Waals surface area contributed by atoms with E-state index in [0.29, 0.717) is 5.69 Å². The molecule has 1 aromatic heterocycles. The Kier molecular flexibility index (Phi) is 6.25. The fourth-order valence-corrected chi connectivity index (χ4v) is 2.13. The lowest BCUT2D eigenvalue weighted by Crippen LogP contribution is -2.48. The van der Waals surface area contributed by atoms with Crippen LogP contribution in [0.1, 0.15) is 35.5 Å². The number of alkyl halides is 3. The van der Waals surface area contributed by atoms with Gasteiger partial charge in [0.1, 0.15) is 0 Å². The minimum atomic E-state index is -4.44. The first-order valence-corrected chi connectivity index (χ1v) is 7.30. The van der Waals surface area contributed by atoms with Gasteiger partial charge in [-0.2, -0.15) is 18.3 Å². The predicted octanol–water partition coefficient (Wildman–Crippen LogP) is 3.09. The van der Waals surface area contributed by atoms with Crippen molar-refractivity contribution >= 4 is 18.3 Å². The van der Waals surface area contributed by atoms with Crippen molar-refractivity contribution in [3.63, 3.8) is 0 Å². The first kappa shape index (κ1) is 21.0. The van der Waals surface area contributed by atoms with Crippen molar-refractivity contribution < 1.29 is 18.0 Å². The zero-order valence-corrected chi connectivity index (χ0v) is 14.8. The molecule has 3 N–H and O–H groups in total. The fraction of sp³-hybridized carbons (Fsp3) is 0.375. The van der Waals surface area contributed by atoms with Crippen molar-refractivity contribution in [2.24, 2.45) is 5.73 Å². The van der Waals surface area contributed by atoms with Crippen LogP contribution in [0.2, 0.25) is 0 Å². The Morgan fingerprint density at radius 3 is 2.52 bits per heavy atom. The summed E-state index contributed by atoms with van der Waals surface area (Å²) < 4.78 is 39.8. The van der Waals surface area contributed by atoms with Gasteiger partial charge >= 0.3 is 6.18 Å². The van der Waals surface area contributed by atoms with E-state index in [9.17, 15) is 18.0 Å². The van der Waals surface area contributed by atoms with Crippen molar-refractivity contribution in [3.8, 4) is 5.69 Å². The standard InChI is InChI=1S/C16H19F3N4O.ClH/c1-10-13(14(24)22-15(2,3)9-20)8-21-23(10)12-6-4-5-11(7-12)16(17,18)19;/h4-8H,9,20H2,1-3H3,(H,22,24);1H. The summed E-state index contributed by atoms with van der Waals surface area (Å²) in [5, 5.41) is 6.81. The Hall–Kier alpha value is -2.06. The van der Waals surface area contributed by atoms with Gasteiger partial charge in [-0.05, 0) is 39.0 Å². The number of nitrogens with two attached hydrogens (primary N) is 1. The van der Waals surface area contributed by atoms with Crippen LogP contribution in [-0.4, -0.2) is 27.8 Å². The van der Waals surface area contributed by atoms with Gasteiger partial charge in [-0.15, -0.1) is 12.4 Å². The minimum absolute atomic E-state index is 0.